The van der Waals surface area contributed by atoms with Gasteiger partial charge in [-0.1, -0.05) is 33.8 Å². The van der Waals surface area contributed by atoms with Gasteiger partial charge in [-0.3, -0.25) is 4.79 Å². The zero-order valence-electron chi connectivity index (χ0n) is 20.1. The highest BCUT2D eigenvalue weighted by molar-refractivity contribution is 5.92. The highest BCUT2D eigenvalue weighted by Gasteiger charge is 2.81. The fourth-order valence-corrected chi connectivity index (χ4v) is 6.86. The minimum atomic E-state index is -2.21. The second-order valence-corrected chi connectivity index (χ2v) is 11.1. The maximum absolute atomic E-state index is 13.7. The maximum Gasteiger partial charge on any atom is 0.407 e. The van der Waals surface area contributed by atoms with Crippen molar-refractivity contribution in [3.05, 3.63) is 12.7 Å². The van der Waals surface area contributed by atoms with Crippen LogP contribution in [0.25, 0.3) is 0 Å². The first-order valence-electron chi connectivity index (χ1n) is 11.5. The van der Waals surface area contributed by atoms with E-state index < -0.39 is 63.7 Å². The second-order valence-electron chi connectivity index (χ2n) is 11.1. The first-order chi connectivity index (χ1) is 14.6. The molecule has 3 aliphatic rings. The Morgan fingerprint density at radius 2 is 1.91 bits per heavy atom. The Labute approximate surface area is 190 Å². The average Bonchev–Trinajstić information content (AvgIpc) is 2.70. The molecular weight excluding hydrogens is 414 g/mol. The van der Waals surface area contributed by atoms with Gasteiger partial charge >= 0.3 is 6.09 Å². The van der Waals surface area contributed by atoms with Crippen molar-refractivity contribution in [2.75, 3.05) is 6.54 Å². The molecule has 0 spiro atoms. The molecule has 182 valence electrons. The van der Waals surface area contributed by atoms with Crippen molar-refractivity contribution >= 4 is 11.9 Å². The molecule has 0 aromatic carbocycles. The van der Waals surface area contributed by atoms with E-state index in [2.05, 4.69) is 11.9 Å². The number of hydrogen-bond donors (Lipinski definition) is 4. The number of alkyl carbamates (subject to hydrolysis) is 1. The van der Waals surface area contributed by atoms with Crippen molar-refractivity contribution in [1.82, 2.24) is 5.32 Å². The standard InChI is InChI=1S/C24H39NO7/c1-8-12-25-19(29)31-18-16(28)17-20(3,4)11-10-14(26)22(17,6)24(30)15(27)13-21(5,9-2)32-23(18,24)7/h9,14,16-18,26,28,30H,2,8,10-13H2,1,3-7H3,(H,25,29)/t14-,16-,17-,18-,21-,22-,23+,24+/m0/s1. The van der Waals surface area contributed by atoms with Crippen molar-refractivity contribution in [2.45, 2.75) is 102 Å². The molecule has 8 atom stereocenters. The Morgan fingerprint density at radius 1 is 1.28 bits per heavy atom. The highest BCUT2D eigenvalue weighted by Crippen LogP contribution is 2.66. The Morgan fingerprint density at radius 3 is 2.47 bits per heavy atom. The summed E-state index contributed by atoms with van der Waals surface area (Å²) in [6.45, 7) is 14.7. The lowest BCUT2D eigenvalue weighted by molar-refractivity contribution is -0.369. The van der Waals surface area contributed by atoms with E-state index in [1.165, 1.54) is 13.0 Å². The van der Waals surface area contributed by atoms with E-state index in [0.29, 0.717) is 25.8 Å². The van der Waals surface area contributed by atoms with Crippen molar-refractivity contribution in [3.8, 4) is 0 Å². The normalized spacial score (nSPS) is 47.7. The number of ketones is 1. The number of carbonyl (C=O) groups is 2. The number of ether oxygens (including phenoxy) is 2. The van der Waals surface area contributed by atoms with Crippen molar-refractivity contribution in [3.63, 3.8) is 0 Å². The lowest BCUT2D eigenvalue weighted by Crippen LogP contribution is -2.86. The average molecular weight is 454 g/mol. The third kappa shape index (κ3) is 3.17. The minimum absolute atomic E-state index is 0.150. The molecule has 8 nitrogen and oxygen atoms in total. The molecular formula is C24H39NO7. The molecule has 1 saturated heterocycles. The van der Waals surface area contributed by atoms with Crippen molar-refractivity contribution in [1.29, 1.82) is 0 Å². The molecule has 0 aromatic rings. The smallest absolute Gasteiger partial charge is 0.407 e. The molecule has 2 aliphatic carbocycles. The van der Waals surface area contributed by atoms with Gasteiger partial charge in [0, 0.05) is 24.3 Å². The van der Waals surface area contributed by atoms with Crippen LogP contribution in [-0.4, -0.2) is 68.9 Å². The van der Waals surface area contributed by atoms with Gasteiger partial charge in [0.25, 0.3) is 0 Å². The lowest BCUT2D eigenvalue weighted by atomic mass is 9.40. The monoisotopic (exact) mass is 453 g/mol. The van der Waals surface area contributed by atoms with Crippen LogP contribution in [0.3, 0.4) is 0 Å². The SMILES string of the molecule is C=C[C@@]1(C)CC(=O)[C@@]2(O)[C@@]3(C)[C@@H](O)CCC(C)(C)[C@@H]3[C@H](O)[C@H](OC(=O)NCCC)[C@@]2(C)O1. The zero-order valence-corrected chi connectivity index (χ0v) is 20.1. The lowest BCUT2D eigenvalue weighted by Gasteiger charge is -2.71. The summed E-state index contributed by atoms with van der Waals surface area (Å²) in [5.41, 5.74) is -7.15. The largest absolute Gasteiger partial charge is 0.440 e. The number of amides is 1. The van der Waals surface area contributed by atoms with Crippen LogP contribution in [0.15, 0.2) is 12.7 Å². The van der Waals surface area contributed by atoms with Crippen LogP contribution in [0.2, 0.25) is 0 Å². The molecule has 32 heavy (non-hydrogen) atoms. The molecule has 0 aromatic heterocycles. The van der Waals surface area contributed by atoms with Crippen LogP contribution >= 0.6 is 0 Å². The van der Waals surface area contributed by atoms with Gasteiger partial charge in [-0.25, -0.2) is 4.79 Å². The van der Waals surface area contributed by atoms with Gasteiger partial charge in [0.05, 0.1) is 17.8 Å². The predicted molar refractivity (Wildman–Crippen MR) is 118 cm³/mol. The summed E-state index contributed by atoms with van der Waals surface area (Å²) in [6.07, 6.45) is -1.51. The number of hydrogen-bond acceptors (Lipinski definition) is 7. The van der Waals surface area contributed by atoms with Gasteiger partial charge in [-0.05, 0) is 38.5 Å². The van der Waals surface area contributed by atoms with Crippen LogP contribution in [0, 0.1) is 16.7 Å². The molecule has 2 saturated carbocycles. The number of aliphatic hydroxyl groups excluding tert-OH is 2. The number of aliphatic hydroxyl groups is 3. The van der Waals surface area contributed by atoms with E-state index in [-0.39, 0.29) is 6.42 Å². The fourth-order valence-electron chi connectivity index (χ4n) is 6.86. The number of rotatable bonds is 4. The zero-order chi connectivity index (χ0) is 24.3. The number of carbonyl (C=O) groups excluding carboxylic acids is 2. The van der Waals surface area contributed by atoms with Crippen LogP contribution in [0.1, 0.15) is 67.2 Å². The molecule has 1 heterocycles. The summed E-state index contributed by atoms with van der Waals surface area (Å²) in [6, 6.07) is 0. The van der Waals surface area contributed by atoms with Crippen LogP contribution < -0.4 is 5.32 Å². The predicted octanol–water partition coefficient (Wildman–Crippen LogP) is 2.09. The summed E-state index contributed by atoms with van der Waals surface area (Å²) < 4.78 is 12.0. The molecule has 3 fully saturated rings. The molecule has 1 amide bonds. The topological polar surface area (TPSA) is 125 Å². The molecule has 0 bridgehead atoms. The minimum Gasteiger partial charge on any atom is -0.440 e. The fraction of sp³-hybridized carbons (Fsp3) is 0.833. The van der Waals surface area contributed by atoms with Crippen LogP contribution in [0.4, 0.5) is 4.79 Å². The van der Waals surface area contributed by atoms with E-state index in [1.54, 1.807) is 13.8 Å². The summed E-state index contributed by atoms with van der Waals surface area (Å²) in [5.74, 6) is -1.26. The van der Waals surface area contributed by atoms with Gasteiger partial charge in [0.1, 0.15) is 5.60 Å². The third-order valence-corrected chi connectivity index (χ3v) is 8.48. The van der Waals surface area contributed by atoms with E-state index in [9.17, 15) is 24.9 Å². The molecule has 0 radical (unpaired) electrons. The second kappa shape index (κ2) is 7.79. The molecule has 4 N–H and O–H groups in total. The van der Waals surface area contributed by atoms with Crippen LogP contribution in [-0.2, 0) is 14.3 Å². The van der Waals surface area contributed by atoms with E-state index in [4.69, 9.17) is 9.47 Å². The summed E-state index contributed by atoms with van der Waals surface area (Å²) in [5, 5.41) is 37.8. The quantitative estimate of drug-likeness (QED) is 0.480. The van der Waals surface area contributed by atoms with Gasteiger partial charge in [-0.15, -0.1) is 6.58 Å². The molecule has 3 rings (SSSR count). The van der Waals surface area contributed by atoms with Crippen LogP contribution in [0.5, 0.6) is 0 Å². The maximum atomic E-state index is 13.7. The van der Waals surface area contributed by atoms with Gasteiger partial charge in [0.2, 0.25) is 0 Å². The van der Waals surface area contributed by atoms with E-state index >= 15 is 0 Å². The Bertz CT molecular complexity index is 799. The summed E-state index contributed by atoms with van der Waals surface area (Å²) in [4.78, 5) is 26.3. The third-order valence-electron chi connectivity index (χ3n) is 8.48. The Balaban J connectivity index is 2.23. The first-order valence-corrected chi connectivity index (χ1v) is 11.5. The Kier molecular flexibility index (Phi) is 6.12. The van der Waals surface area contributed by atoms with Gasteiger partial charge < -0.3 is 30.1 Å². The first kappa shape index (κ1) is 25.1. The summed E-state index contributed by atoms with van der Waals surface area (Å²) >= 11 is 0. The Hall–Kier alpha value is -1.48. The molecule has 0 unspecified atom stereocenters. The summed E-state index contributed by atoms with van der Waals surface area (Å²) in [7, 11) is 0. The number of Topliss-reactive ketones (excluding diaryl/α,β-unsaturated/α-hetero) is 1. The molecule has 8 heteroatoms. The molecule has 1 aliphatic heterocycles. The number of fused-ring (bicyclic) bond motifs is 3. The van der Waals surface area contributed by atoms with E-state index in [0.717, 1.165) is 0 Å². The number of nitrogens with one attached hydrogen (secondary N) is 1. The van der Waals surface area contributed by atoms with Crippen molar-refractivity contribution in [2.24, 2.45) is 16.7 Å². The van der Waals surface area contributed by atoms with E-state index in [1.807, 2.05) is 20.8 Å². The van der Waals surface area contributed by atoms with Crippen molar-refractivity contribution < 1.29 is 34.4 Å². The van der Waals surface area contributed by atoms with Gasteiger partial charge in [0.15, 0.2) is 17.5 Å². The highest BCUT2D eigenvalue weighted by atomic mass is 16.6. The van der Waals surface area contributed by atoms with Gasteiger partial charge in [-0.2, -0.15) is 0 Å².